The molecule has 2 rings (SSSR count). The van der Waals surface area contributed by atoms with E-state index in [0.29, 0.717) is 0 Å². The summed E-state index contributed by atoms with van der Waals surface area (Å²) in [6.45, 7) is 4.26. The molecular weight excluding hydrogens is 266 g/mol. The van der Waals surface area contributed by atoms with Crippen LogP contribution in [0.2, 0.25) is 5.02 Å². The Labute approximate surface area is 127 Å². The van der Waals surface area contributed by atoms with Crippen molar-refractivity contribution < 1.29 is 0 Å². The second-order valence-corrected chi connectivity index (χ2v) is 5.53. The van der Waals surface area contributed by atoms with E-state index in [2.05, 4.69) is 48.6 Å². The van der Waals surface area contributed by atoms with Gasteiger partial charge in [0, 0.05) is 11.6 Å². The van der Waals surface area contributed by atoms with Crippen LogP contribution in [0.15, 0.2) is 48.5 Å². The highest BCUT2D eigenvalue weighted by Crippen LogP contribution is 2.22. The number of hydrogen-bond donors (Lipinski definition) is 1. The highest BCUT2D eigenvalue weighted by molar-refractivity contribution is 6.30. The lowest BCUT2D eigenvalue weighted by Gasteiger charge is -2.07. The molecule has 106 valence electrons. The largest absolute Gasteiger partial charge is 0.313 e. The van der Waals surface area contributed by atoms with Gasteiger partial charge in [0.25, 0.3) is 0 Å². The first-order valence-electron chi connectivity index (χ1n) is 7.35. The third-order valence-corrected chi connectivity index (χ3v) is 3.64. The maximum atomic E-state index is 5.93. The molecule has 0 unspecified atom stereocenters. The molecule has 0 bridgehead atoms. The van der Waals surface area contributed by atoms with Gasteiger partial charge in [-0.1, -0.05) is 61.7 Å². The molecule has 0 fully saturated rings. The van der Waals surface area contributed by atoms with E-state index >= 15 is 0 Å². The molecule has 1 N–H and O–H groups in total. The van der Waals surface area contributed by atoms with Crippen LogP contribution in [0.25, 0.3) is 11.1 Å². The van der Waals surface area contributed by atoms with E-state index in [1.165, 1.54) is 36.0 Å². The molecule has 0 radical (unpaired) electrons. The lowest BCUT2D eigenvalue weighted by atomic mass is 10.0. The summed E-state index contributed by atoms with van der Waals surface area (Å²) >= 11 is 5.93. The number of unbranched alkanes of at least 4 members (excludes halogenated alkanes) is 2. The second kappa shape index (κ2) is 8.08. The van der Waals surface area contributed by atoms with Gasteiger partial charge < -0.3 is 5.32 Å². The maximum absolute atomic E-state index is 5.93. The van der Waals surface area contributed by atoms with Gasteiger partial charge in [0.1, 0.15) is 0 Å². The predicted octanol–water partition coefficient (Wildman–Crippen LogP) is 5.29. The molecule has 2 aromatic carbocycles. The summed E-state index contributed by atoms with van der Waals surface area (Å²) in [6.07, 6.45) is 3.83. The molecule has 0 saturated carbocycles. The van der Waals surface area contributed by atoms with E-state index in [1.54, 1.807) is 0 Å². The summed E-state index contributed by atoms with van der Waals surface area (Å²) in [5.74, 6) is 0. The molecule has 20 heavy (non-hydrogen) atoms. The average Bonchev–Trinajstić information content (AvgIpc) is 2.48. The van der Waals surface area contributed by atoms with Gasteiger partial charge in [0.2, 0.25) is 0 Å². The smallest absolute Gasteiger partial charge is 0.0406 e. The standard InChI is InChI=1S/C18H22ClN/c1-2-3-4-12-20-14-15-6-5-7-17(13-15)16-8-10-18(19)11-9-16/h5-11,13,20H,2-4,12,14H2,1H3. The van der Waals surface area contributed by atoms with Gasteiger partial charge in [-0.2, -0.15) is 0 Å². The fraction of sp³-hybridized carbons (Fsp3) is 0.333. The molecule has 0 aromatic heterocycles. The van der Waals surface area contributed by atoms with Gasteiger partial charge in [-0.15, -0.1) is 0 Å². The summed E-state index contributed by atoms with van der Waals surface area (Å²) in [4.78, 5) is 0. The minimum absolute atomic E-state index is 0.780. The first-order valence-corrected chi connectivity index (χ1v) is 7.73. The van der Waals surface area contributed by atoms with Gasteiger partial charge in [-0.25, -0.2) is 0 Å². The fourth-order valence-corrected chi connectivity index (χ4v) is 2.36. The zero-order valence-electron chi connectivity index (χ0n) is 12.0. The van der Waals surface area contributed by atoms with Crippen molar-refractivity contribution in [3.63, 3.8) is 0 Å². The quantitative estimate of drug-likeness (QED) is 0.683. The maximum Gasteiger partial charge on any atom is 0.0406 e. The van der Waals surface area contributed by atoms with Crippen LogP contribution in [-0.2, 0) is 6.54 Å². The van der Waals surface area contributed by atoms with Crippen molar-refractivity contribution in [1.82, 2.24) is 5.32 Å². The highest BCUT2D eigenvalue weighted by Gasteiger charge is 1.99. The number of hydrogen-bond acceptors (Lipinski definition) is 1. The van der Waals surface area contributed by atoms with Crippen LogP contribution in [0.5, 0.6) is 0 Å². The van der Waals surface area contributed by atoms with Gasteiger partial charge >= 0.3 is 0 Å². The number of rotatable bonds is 7. The molecule has 1 nitrogen and oxygen atoms in total. The van der Waals surface area contributed by atoms with Crippen LogP contribution in [0.3, 0.4) is 0 Å². The van der Waals surface area contributed by atoms with E-state index in [4.69, 9.17) is 11.6 Å². The van der Waals surface area contributed by atoms with E-state index in [-0.39, 0.29) is 0 Å². The van der Waals surface area contributed by atoms with E-state index < -0.39 is 0 Å². The Hall–Kier alpha value is -1.31. The Bertz CT molecular complexity index is 519. The van der Waals surface area contributed by atoms with Crippen LogP contribution in [-0.4, -0.2) is 6.54 Å². The van der Waals surface area contributed by atoms with Crippen molar-refractivity contribution in [1.29, 1.82) is 0 Å². The Morgan fingerprint density at radius 2 is 1.75 bits per heavy atom. The summed E-state index contributed by atoms with van der Waals surface area (Å²) in [5.41, 5.74) is 3.78. The third kappa shape index (κ3) is 4.66. The predicted molar refractivity (Wildman–Crippen MR) is 88.1 cm³/mol. The van der Waals surface area contributed by atoms with Crippen molar-refractivity contribution in [2.24, 2.45) is 0 Å². The van der Waals surface area contributed by atoms with Crippen LogP contribution in [0, 0.1) is 0 Å². The van der Waals surface area contributed by atoms with E-state index in [9.17, 15) is 0 Å². The molecule has 0 spiro atoms. The molecule has 2 heteroatoms. The Morgan fingerprint density at radius 3 is 2.50 bits per heavy atom. The summed E-state index contributed by atoms with van der Waals surface area (Å²) < 4.78 is 0. The first-order chi connectivity index (χ1) is 9.79. The van der Waals surface area contributed by atoms with Crippen molar-refractivity contribution in [3.8, 4) is 11.1 Å². The van der Waals surface area contributed by atoms with Crippen LogP contribution >= 0.6 is 11.6 Å². The molecule has 0 aliphatic carbocycles. The van der Waals surface area contributed by atoms with Crippen molar-refractivity contribution in [3.05, 3.63) is 59.1 Å². The van der Waals surface area contributed by atoms with Gasteiger partial charge in [-0.3, -0.25) is 0 Å². The summed E-state index contributed by atoms with van der Waals surface area (Å²) in [5, 5.41) is 4.28. The molecule has 0 amide bonds. The van der Waals surface area contributed by atoms with Crippen molar-refractivity contribution in [2.75, 3.05) is 6.54 Å². The Kier molecular flexibility index (Phi) is 6.10. The second-order valence-electron chi connectivity index (χ2n) is 5.09. The van der Waals surface area contributed by atoms with Crippen LogP contribution < -0.4 is 5.32 Å². The first kappa shape index (κ1) is 15.1. The van der Waals surface area contributed by atoms with Gasteiger partial charge in [-0.05, 0) is 47.9 Å². The van der Waals surface area contributed by atoms with E-state index in [1.807, 2.05) is 12.1 Å². The molecule has 0 saturated heterocycles. The SMILES string of the molecule is CCCCCNCc1cccc(-c2ccc(Cl)cc2)c1. The monoisotopic (exact) mass is 287 g/mol. The minimum Gasteiger partial charge on any atom is -0.313 e. The Morgan fingerprint density at radius 1 is 0.950 bits per heavy atom. The van der Waals surface area contributed by atoms with E-state index in [0.717, 1.165) is 18.1 Å². The topological polar surface area (TPSA) is 12.0 Å². The lowest BCUT2D eigenvalue weighted by molar-refractivity contribution is 0.617. The van der Waals surface area contributed by atoms with Gasteiger partial charge in [0.15, 0.2) is 0 Å². The lowest BCUT2D eigenvalue weighted by Crippen LogP contribution is -2.14. The number of benzene rings is 2. The molecule has 0 aliphatic rings. The number of halogens is 1. The zero-order valence-corrected chi connectivity index (χ0v) is 12.8. The Balaban J connectivity index is 1.95. The zero-order chi connectivity index (χ0) is 14.2. The normalized spacial score (nSPS) is 10.7. The molecule has 2 aromatic rings. The van der Waals surface area contributed by atoms with Crippen LogP contribution in [0.4, 0.5) is 0 Å². The summed E-state index contributed by atoms with van der Waals surface area (Å²) in [6, 6.07) is 16.7. The van der Waals surface area contributed by atoms with Crippen molar-refractivity contribution >= 4 is 11.6 Å². The minimum atomic E-state index is 0.780. The molecule has 0 atom stereocenters. The highest BCUT2D eigenvalue weighted by atomic mass is 35.5. The summed E-state index contributed by atoms with van der Waals surface area (Å²) in [7, 11) is 0. The molecular formula is C18H22ClN. The number of nitrogens with one attached hydrogen (secondary N) is 1. The van der Waals surface area contributed by atoms with Crippen molar-refractivity contribution in [2.45, 2.75) is 32.7 Å². The third-order valence-electron chi connectivity index (χ3n) is 3.39. The average molecular weight is 288 g/mol. The fourth-order valence-electron chi connectivity index (χ4n) is 2.24. The molecule has 0 heterocycles. The van der Waals surface area contributed by atoms with Gasteiger partial charge in [0.05, 0.1) is 0 Å². The van der Waals surface area contributed by atoms with Crippen LogP contribution in [0.1, 0.15) is 31.7 Å². The molecule has 0 aliphatic heterocycles.